The number of benzene rings is 2. The van der Waals surface area contributed by atoms with Gasteiger partial charge < -0.3 is 9.47 Å². The summed E-state index contributed by atoms with van der Waals surface area (Å²) in [5, 5.41) is 11.9. The Morgan fingerprint density at radius 2 is 1.75 bits per heavy atom. The van der Waals surface area contributed by atoms with E-state index in [1.54, 1.807) is 12.1 Å². The van der Waals surface area contributed by atoms with Crippen LogP contribution in [-0.4, -0.2) is 46.2 Å². The molecule has 10 nitrogen and oxygen atoms in total. The zero-order valence-corrected chi connectivity index (χ0v) is 15.2. The molecule has 2 amide bonds. The predicted octanol–water partition coefficient (Wildman–Crippen LogP) is 0.818. The summed E-state index contributed by atoms with van der Waals surface area (Å²) in [4.78, 5) is 25.3. The van der Waals surface area contributed by atoms with Gasteiger partial charge in [-0.05, 0) is 23.4 Å². The Morgan fingerprint density at radius 1 is 1.00 bits per heavy atom. The lowest BCUT2D eigenvalue weighted by Gasteiger charge is -2.10. The Bertz CT molecular complexity index is 973. The molecule has 10 heteroatoms. The van der Waals surface area contributed by atoms with Gasteiger partial charge in [-0.1, -0.05) is 30.3 Å². The van der Waals surface area contributed by atoms with Crippen LogP contribution in [0.15, 0.2) is 48.5 Å². The van der Waals surface area contributed by atoms with Gasteiger partial charge in [0.15, 0.2) is 11.5 Å². The highest BCUT2D eigenvalue weighted by Gasteiger charge is 2.13. The quantitative estimate of drug-likeness (QED) is 0.606. The summed E-state index contributed by atoms with van der Waals surface area (Å²) in [6.07, 6.45) is 0. The van der Waals surface area contributed by atoms with E-state index in [-0.39, 0.29) is 6.54 Å². The van der Waals surface area contributed by atoms with E-state index < -0.39 is 11.8 Å². The van der Waals surface area contributed by atoms with Crippen molar-refractivity contribution < 1.29 is 19.1 Å². The Kier molecular flexibility index (Phi) is 5.80. The molecular weight excluding hydrogens is 364 g/mol. The monoisotopic (exact) mass is 382 g/mol. The maximum absolute atomic E-state index is 12.2. The lowest BCUT2D eigenvalue weighted by Crippen LogP contribution is -2.43. The molecule has 2 N–H and O–H groups in total. The number of hydrogen-bond donors (Lipinski definition) is 2. The minimum Gasteiger partial charge on any atom is -0.493 e. The number of carbonyl (C=O) groups is 2. The SMILES string of the molecule is COc1ccc(C(=O)NNC(=O)Cn2nnc(-c3ccccc3)n2)cc1OC. The number of amides is 2. The first kappa shape index (κ1) is 18.8. The minimum atomic E-state index is -0.508. The summed E-state index contributed by atoms with van der Waals surface area (Å²) in [6.45, 7) is -0.202. The lowest BCUT2D eigenvalue weighted by atomic mass is 10.2. The van der Waals surface area contributed by atoms with Gasteiger partial charge in [-0.15, -0.1) is 10.2 Å². The van der Waals surface area contributed by atoms with Crippen LogP contribution >= 0.6 is 0 Å². The second-order valence-electron chi connectivity index (χ2n) is 5.58. The van der Waals surface area contributed by atoms with Gasteiger partial charge in [0.1, 0.15) is 6.54 Å². The van der Waals surface area contributed by atoms with Crippen LogP contribution in [0, 0.1) is 0 Å². The lowest BCUT2D eigenvalue weighted by molar-refractivity contribution is -0.122. The van der Waals surface area contributed by atoms with E-state index in [9.17, 15) is 9.59 Å². The molecule has 1 aromatic heterocycles. The molecule has 0 unspecified atom stereocenters. The third kappa shape index (κ3) is 4.41. The number of rotatable bonds is 6. The first-order chi connectivity index (χ1) is 13.6. The number of carbonyl (C=O) groups excluding carboxylic acids is 2. The largest absolute Gasteiger partial charge is 0.493 e. The standard InChI is InChI=1S/C18H18N6O4/c1-27-14-9-8-13(10-15(14)28-2)18(26)21-19-16(25)11-24-22-17(20-23-24)12-6-4-3-5-7-12/h3-10H,11H2,1-2H3,(H,19,25)(H,21,26). The van der Waals surface area contributed by atoms with Gasteiger partial charge in [0.25, 0.3) is 11.8 Å². The summed E-state index contributed by atoms with van der Waals surface area (Å²) in [6, 6.07) is 13.9. The van der Waals surface area contributed by atoms with Gasteiger partial charge >= 0.3 is 0 Å². The topological polar surface area (TPSA) is 120 Å². The number of nitrogens with one attached hydrogen (secondary N) is 2. The molecule has 0 radical (unpaired) electrons. The van der Waals surface area contributed by atoms with Crippen molar-refractivity contribution in [2.75, 3.05) is 14.2 Å². The van der Waals surface area contributed by atoms with E-state index in [0.29, 0.717) is 22.9 Å². The maximum Gasteiger partial charge on any atom is 0.269 e. The average molecular weight is 382 g/mol. The van der Waals surface area contributed by atoms with Crippen LogP contribution in [0.3, 0.4) is 0 Å². The first-order valence-electron chi connectivity index (χ1n) is 8.25. The molecule has 0 saturated carbocycles. The van der Waals surface area contributed by atoms with E-state index in [0.717, 1.165) is 10.4 Å². The third-order valence-electron chi connectivity index (χ3n) is 3.73. The smallest absolute Gasteiger partial charge is 0.269 e. The first-order valence-corrected chi connectivity index (χ1v) is 8.25. The van der Waals surface area contributed by atoms with Crippen LogP contribution in [0.2, 0.25) is 0 Å². The summed E-state index contributed by atoms with van der Waals surface area (Å²) in [5.41, 5.74) is 5.71. The Balaban J connectivity index is 1.56. The normalized spacial score (nSPS) is 10.2. The molecule has 3 aromatic rings. The number of ether oxygens (including phenoxy) is 2. The van der Waals surface area contributed by atoms with Crippen LogP contribution < -0.4 is 20.3 Å². The van der Waals surface area contributed by atoms with Gasteiger partial charge in [-0.25, -0.2) is 0 Å². The van der Waals surface area contributed by atoms with Gasteiger partial charge in [-0.2, -0.15) is 4.80 Å². The molecule has 3 rings (SSSR count). The van der Waals surface area contributed by atoms with Crippen LogP contribution in [0.5, 0.6) is 11.5 Å². The van der Waals surface area contributed by atoms with Crippen molar-refractivity contribution in [1.29, 1.82) is 0 Å². The van der Waals surface area contributed by atoms with Crippen LogP contribution in [0.1, 0.15) is 10.4 Å². The molecule has 0 aliphatic rings. The second-order valence-corrected chi connectivity index (χ2v) is 5.58. The Morgan fingerprint density at radius 3 is 2.46 bits per heavy atom. The number of nitrogens with zero attached hydrogens (tertiary/aromatic N) is 4. The van der Waals surface area contributed by atoms with Crippen LogP contribution in [0.4, 0.5) is 0 Å². The van der Waals surface area contributed by atoms with Gasteiger partial charge in [0.05, 0.1) is 14.2 Å². The summed E-state index contributed by atoms with van der Waals surface area (Å²) in [7, 11) is 2.97. The minimum absolute atomic E-state index is 0.202. The number of hydrogen-bond acceptors (Lipinski definition) is 7. The fraction of sp³-hybridized carbons (Fsp3) is 0.167. The van der Waals surface area contributed by atoms with Crippen molar-refractivity contribution >= 4 is 11.8 Å². The molecule has 1 heterocycles. The molecule has 28 heavy (non-hydrogen) atoms. The van der Waals surface area contributed by atoms with Crippen molar-refractivity contribution in [3.05, 3.63) is 54.1 Å². The Labute approximate surface area is 160 Å². The van der Waals surface area contributed by atoms with Crippen molar-refractivity contribution in [2.24, 2.45) is 0 Å². The van der Waals surface area contributed by atoms with Gasteiger partial charge in [0.2, 0.25) is 5.82 Å². The zero-order valence-electron chi connectivity index (χ0n) is 15.2. The van der Waals surface area contributed by atoms with E-state index in [1.807, 2.05) is 30.3 Å². The highest BCUT2D eigenvalue weighted by Crippen LogP contribution is 2.27. The molecule has 0 aliphatic heterocycles. The molecule has 0 atom stereocenters. The number of aromatic nitrogens is 4. The molecular formula is C18H18N6O4. The summed E-state index contributed by atoms with van der Waals surface area (Å²) in [5.74, 6) is 0.288. The van der Waals surface area contributed by atoms with Crippen molar-refractivity contribution in [1.82, 2.24) is 31.1 Å². The van der Waals surface area contributed by atoms with Crippen molar-refractivity contribution in [3.8, 4) is 22.9 Å². The van der Waals surface area contributed by atoms with Crippen molar-refractivity contribution in [2.45, 2.75) is 6.54 Å². The fourth-order valence-electron chi connectivity index (χ4n) is 2.36. The highest BCUT2D eigenvalue weighted by atomic mass is 16.5. The second kappa shape index (κ2) is 8.62. The van der Waals surface area contributed by atoms with Gasteiger partial charge in [-0.3, -0.25) is 20.4 Å². The van der Waals surface area contributed by atoms with E-state index >= 15 is 0 Å². The van der Waals surface area contributed by atoms with E-state index in [4.69, 9.17) is 9.47 Å². The molecule has 0 aliphatic carbocycles. The summed E-state index contributed by atoms with van der Waals surface area (Å²) < 4.78 is 10.3. The molecule has 0 spiro atoms. The molecule has 0 bridgehead atoms. The van der Waals surface area contributed by atoms with Gasteiger partial charge in [0, 0.05) is 11.1 Å². The number of hydrazine groups is 1. The van der Waals surface area contributed by atoms with E-state index in [2.05, 4.69) is 26.3 Å². The summed E-state index contributed by atoms with van der Waals surface area (Å²) >= 11 is 0. The van der Waals surface area contributed by atoms with Crippen molar-refractivity contribution in [3.63, 3.8) is 0 Å². The number of tetrazole rings is 1. The zero-order chi connectivity index (χ0) is 19.9. The third-order valence-corrected chi connectivity index (χ3v) is 3.73. The molecule has 0 saturated heterocycles. The average Bonchev–Trinajstić information content (AvgIpc) is 3.20. The molecule has 0 fully saturated rings. The number of methoxy groups -OCH3 is 2. The van der Waals surface area contributed by atoms with Crippen LogP contribution in [-0.2, 0) is 11.3 Å². The fourth-order valence-corrected chi connectivity index (χ4v) is 2.36. The Hall–Kier alpha value is -3.95. The highest BCUT2D eigenvalue weighted by molar-refractivity contribution is 5.96. The van der Waals surface area contributed by atoms with Crippen LogP contribution in [0.25, 0.3) is 11.4 Å². The predicted molar refractivity (Wildman–Crippen MR) is 98.4 cm³/mol. The van der Waals surface area contributed by atoms with E-state index in [1.165, 1.54) is 20.3 Å². The molecule has 144 valence electrons. The maximum atomic E-state index is 12.2. The molecule has 2 aromatic carbocycles.